The van der Waals surface area contributed by atoms with E-state index >= 15 is 0 Å². The average molecular weight is 283 g/mol. The van der Waals surface area contributed by atoms with Crippen LogP contribution in [0.15, 0.2) is 42.2 Å². The molecule has 1 heterocycles. The first-order valence-corrected chi connectivity index (χ1v) is 6.90. The SMILES string of the molecule is CO[NH2+]C1=CC=c2[nH]cc(-c3ccc(OC)cc3)c2=CC1. The van der Waals surface area contributed by atoms with Crippen LogP contribution in [-0.4, -0.2) is 19.2 Å². The Balaban J connectivity index is 2.01. The number of nitrogens with one attached hydrogen (secondary N) is 1. The molecule has 0 fully saturated rings. The van der Waals surface area contributed by atoms with E-state index < -0.39 is 0 Å². The van der Waals surface area contributed by atoms with Crippen LogP contribution in [-0.2, 0) is 4.84 Å². The Hall–Kier alpha value is -2.30. The number of aromatic nitrogens is 1. The summed E-state index contributed by atoms with van der Waals surface area (Å²) in [5, 5.41) is 2.36. The van der Waals surface area contributed by atoms with Crippen molar-refractivity contribution in [3.63, 3.8) is 0 Å². The fourth-order valence-corrected chi connectivity index (χ4v) is 2.53. The summed E-state index contributed by atoms with van der Waals surface area (Å²) in [7, 11) is 3.35. The Morgan fingerprint density at radius 1 is 1.10 bits per heavy atom. The monoisotopic (exact) mass is 283 g/mol. The molecule has 0 aliphatic heterocycles. The molecular weight excluding hydrogens is 264 g/mol. The molecular formula is C17H19N2O2+. The smallest absolute Gasteiger partial charge is 0.142 e. The highest BCUT2D eigenvalue weighted by molar-refractivity contribution is 5.67. The average Bonchev–Trinajstić information content (AvgIpc) is 2.83. The summed E-state index contributed by atoms with van der Waals surface area (Å²) in [5.41, 5.74) is 5.32. The van der Waals surface area contributed by atoms with Gasteiger partial charge in [0.1, 0.15) is 11.4 Å². The van der Waals surface area contributed by atoms with Crippen LogP contribution < -0.4 is 20.8 Å². The normalized spacial score (nSPS) is 13.5. The number of allylic oxidation sites excluding steroid dienone is 2. The Bertz CT molecular complexity index is 770. The lowest BCUT2D eigenvalue weighted by Gasteiger charge is -2.02. The number of ether oxygens (including phenoxy) is 1. The molecule has 2 aromatic rings. The van der Waals surface area contributed by atoms with Crippen LogP contribution in [0.25, 0.3) is 23.3 Å². The van der Waals surface area contributed by atoms with E-state index in [0.29, 0.717) is 0 Å². The van der Waals surface area contributed by atoms with Crippen molar-refractivity contribution in [1.29, 1.82) is 0 Å². The lowest BCUT2D eigenvalue weighted by Crippen LogP contribution is -2.80. The number of methoxy groups -OCH3 is 1. The molecule has 108 valence electrons. The second-order valence-corrected chi connectivity index (χ2v) is 4.93. The first-order chi connectivity index (χ1) is 10.3. The molecule has 1 aliphatic rings. The Morgan fingerprint density at radius 3 is 2.62 bits per heavy atom. The fourth-order valence-electron chi connectivity index (χ4n) is 2.53. The summed E-state index contributed by atoms with van der Waals surface area (Å²) in [6, 6.07) is 8.13. The lowest BCUT2D eigenvalue weighted by atomic mass is 10.1. The first kappa shape index (κ1) is 13.7. The van der Waals surface area contributed by atoms with Crippen molar-refractivity contribution < 1.29 is 15.1 Å². The summed E-state index contributed by atoms with van der Waals surface area (Å²) < 4.78 is 5.21. The molecule has 4 nitrogen and oxygen atoms in total. The van der Waals surface area contributed by atoms with Crippen molar-refractivity contribution in [2.75, 3.05) is 14.2 Å². The van der Waals surface area contributed by atoms with Gasteiger partial charge in [-0.2, -0.15) is 5.48 Å². The zero-order chi connectivity index (χ0) is 14.7. The fraction of sp³-hybridized carbons (Fsp3) is 0.176. The summed E-state index contributed by atoms with van der Waals surface area (Å²) in [4.78, 5) is 8.43. The molecule has 0 amide bonds. The van der Waals surface area contributed by atoms with Gasteiger partial charge in [-0.15, -0.1) is 0 Å². The van der Waals surface area contributed by atoms with Crippen molar-refractivity contribution in [2.45, 2.75) is 6.42 Å². The van der Waals surface area contributed by atoms with Gasteiger partial charge < -0.3 is 9.72 Å². The summed E-state index contributed by atoms with van der Waals surface area (Å²) in [6.45, 7) is 0. The van der Waals surface area contributed by atoms with Crippen LogP contribution in [0, 0.1) is 0 Å². The van der Waals surface area contributed by atoms with Crippen molar-refractivity contribution in [2.24, 2.45) is 0 Å². The number of nitrogens with two attached hydrogens (primary N) is 1. The highest BCUT2D eigenvalue weighted by Crippen LogP contribution is 2.19. The minimum Gasteiger partial charge on any atom is -0.497 e. The van der Waals surface area contributed by atoms with E-state index in [4.69, 9.17) is 9.57 Å². The van der Waals surface area contributed by atoms with Gasteiger partial charge in [-0.3, -0.25) is 0 Å². The Labute approximate surface area is 123 Å². The molecule has 0 spiro atoms. The molecule has 0 bridgehead atoms. The van der Waals surface area contributed by atoms with Crippen LogP contribution >= 0.6 is 0 Å². The van der Waals surface area contributed by atoms with Gasteiger partial charge in [0.25, 0.3) is 0 Å². The lowest BCUT2D eigenvalue weighted by molar-refractivity contribution is -0.855. The molecule has 0 saturated carbocycles. The van der Waals surface area contributed by atoms with Crippen molar-refractivity contribution in [3.05, 3.63) is 52.8 Å². The van der Waals surface area contributed by atoms with Crippen LogP contribution in [0.2, 0.25) is 0 Å². The van der Waals surface area contributed by atoms with Gasteiger partial charge in [-0.05, 0) is 29.8 Å². The molecule has 4 heteroatoms. The minimum absolute atomic E-state index is 0.859. The molecule has 1 aliphatic carbocycles. The van der Waals surface area contributed by atoms with Gasteiger partial charge in [-0.1, -0.05) is 18.2 Å². The first-order valence-electron chi connectivity index (χ1n) is 6.90. The van der Waals surface area contributed by atoms with E-state index in [2.05, 4.69) is 41.5 Å². The van der Waals surface area contributed by atoms with Crippen LogP contribution in [0.3, 0.4) is 0 Å². The molecule has 1 aromatic heterocycles. The molecule has 0 saturated heterocycles. The molecule has 0 unspecified atom stereocenters. The van der Waals surface area contributed by atoms with Gasteiger partial charge >= 0.3 is 0 Å². The van der Waals surface area contributed by atoms with Gasteiger partial charge in [0, 0.05) is 28.7 Å². The van der Waals surface area contributed by atoms with Crippen LogP contribution in [0.5, 0.6) is 5.75 Å². The predicted molar refractivity (Wildman–Crippen MR) is 82.6 cm³/mol. The summed E-state index contributed by atoms with van der Waals surface area (Å²) in [6.07, 6.45) is 9.32. The number of fused-ring (bicyclic) bond motifs is 1. The molecule has 21 heavy (non-hydrogen) atoms. The van der Waals surface area contributed by atoms with Gasteiger partial charge in [0.05, 0.1) is 14.2 Å². The zero-order valence-electron chi connectivity index (χ0n) is 12.2. The number of hydroxylamine groups is 1. The highest BCUT2D eigenvalue weighted by atomic mass is 16.6. The standard InChI is InChI=1S/C17H18N2O2/c1-20-14-7-3-12(4-8-14)16-11-18-17-10-6-13(19-21-2)5-9-15(16)17/h3-4,6-11,18-19H,5H2,1-2H3/p+1. The number of hydrogen-bond acceptors (Lipinski definition) is 2. The third-order valence-electron chi connectivity index (χ3n) is 3.63. The third-order valence-corrected chi connectivity index (χ3v) is 3.63. The third kappa shape index (κ3) is 2.77. The van der Waals surface area contributed by atoms with E-state index in [-0.39, 0.29) is 0 Å². The summed E-state index contributed by atoms with van der Waals surface area (Å²) >= 11 is 0. The molecule has 0 atom stereocenters. The Morgan fingerprint density at radius 2 is 1.90 bits per heavy atom. The topological polar surface area (TPSA) is 50.9 Å². The van der Waals surface area contributed by atoms with Crippen molar-refractivity contribution in [3.8, 4) is 16.9 Å². The number of H-pyrrole nitrogens is 1. The number of hydrogen-bond donors (Lipinski definition) is 2. The predicted octanol–water partition coefficient (Wildman–Crippen LogP) is 0.664. The largest absolute Gasteiger partial charge is 0.497 e. The second-order valence-electron chi connectivity index (χ2n) is 4.93. The van der Waals surface area contributed by atoms with Crippen molar-refractivity contribution in [1.82, 2.24) is 4.98 Å². The molecule has 0 radical (unpaired) electrons. The van der Waals surface area contributed by atoms with Gasteiger partial charge in [-0.25, -0.2) is 4.84 Å². The molecule has 3 N–H and O–H groups in total. The van der Waals surface area contributed by atoms with E-state index in [0.717, 1.165) is 23.2 Å². The van der Waals surface area contributed by atoms with E-state index in [1.165, 1.54) is 16.3 Å². The maximum atomic E-state index is 5.21. The maximum absolute atomic E-state index is 5.21. The van der Waals surface area contributed by atoms with Gasteiger partial charge in [0.2, 0.25) is 0 Å². The quantitative estimate of drug-likeness (QED) is 0.810. The molecule has 3 rings (SSSR count). The van der Waals surface area contributed by atoms with E-state index in [9.17, 15) is 0 Å². The van der Waals surface area contributed by atoms with Gasteiger partial charge in [0.15, 0.2) is 0 Å². The minimum atomic E-state index is 0.859. The number of benzene rings is 1. The van der Waals surface area contributed by atoms with Crippen LogP contribution in [0.1, 0.15) is 6.42 Å². The summed E-state index contributed by atoms with van der Waals surface area (Å²) in [5.74, 6) is 0.870. The number of quaternary nitrogens is 1. The molecule has 1 aromatic carbocycles. The zero-order valence-corrected chi connectivity index (χ0v) is 12.2. The van der Waals surface area contributed by atoms with E-state index in [1.54, 1.807) is 19.7 Å². The second kappa shape index (κ2) is 5.99. The maximum Gasteiger partial charge on any atom is 0.142 e. The van der Waals surface area contributed by atoms with Crippen molar-refractivity contribution >= 4 is 12.2 Å². The van der Waals surface area contributed by atoms with Crippen LogP contribution in [0.4, 0.5) is 0 Å². The number of rotatable bonds is 4. The Kier molecular flexibility index (Phi) is 3.90. The number of aromatic amines is 1. The highest BCUT2D eigenvalue weighted by Gasteiger charge is 2.07. The van der Waals surface area contributed by atoms with E-state index in [1.807, 2.05) is 12.1 Å².